The fourth-order valence-electron chi connectivity index (χ4n) is 0.158. The molecule has 0 aromatic heterocycles. The third-order valence-electron chi connectivity index (χ3n) is 0.287. The molecular weight excluding hydrogens is 183 g/mol. The zero-order valence-corrected chi connectivity index (χ0v) is 5.92. The second kappa shape index (κ2) is 4.50. The maximum Gasteiger partial charge on any atom is 2.00 e. The number of hydrogen-bond donors (Lipinski definition) is 0. The molecule has 0 aromatic rings. The van der Waals surface area contributed by atoms with E-state index in [9.17, 15) is 14.4 Å². The average Bonchev–Trinajstić information content (AvgIpc) is 1.30. The summed E-state index contributed by atoms with van der Waals surface area (Å²) in [6.07, 6.45) is 0. The molecule has 0 aromatic carbocycles. The summed E-state index contributed by atoms with van der Waals surface area (Å²) < 4.78 is 13.2. The van der Waals surface area contributed by atoms with Crippen molar-refractivity contribution in [2.24, 2.45) is 0 Å². The molecule has 1 radical (unpaired) electrons. The molecule has 0 atom stereocenters. The van der Waals surface area contributed by atoms with E-state index in [2.05, 4.69) is 4.52 Å². The summed E-state index contributed by atoms with van der Waals surface area (Å²) in [5.41, 5.74) is 0. The van der Waals surface area contributed by atoms with Crippen LogP contribution >= 0.6 is 7.82 Å². The Kier molecular flexibility index (Phi) is 6.43. The molecule has 0 unspecified atom stereocenters. The molecule has 4 nitrogen and oxygen atoms in total. The van der Waals surface area contributed by atoms with E-state index in [0.29, 0.717) is 0 Å². The quantitative estimate of drug-likeness (QED) is 0.404. The Hall–Kier alpha value is 0.629. The zero-order valence-electron chi connectivity index (χ0n) is 4.09. The maximum atomic E-state index is 9.48. The van der Waals surface area contributed by atoms with E-state index in [-0.39, 0.29) is 23.7 Å². The van der Waals surface area contributed by atoms with Gasteiger partial charge >= 0.3 is 17.1 Å². The summed E-state index contributed by atoms with van der Waals surface area (Å²) >= 11 is 0. The van der Waals surface area contributed by atoms with Crippen LogP contribution in [0.3, 0.4) is 0 Å². The molecule has 0 fully saturated rings. The van der Waals surface area contributed by atoms with Gasteiger partial charge in [0, 0.05) is 6.61 Å². The predicted molar refractivity (Wildman–Crippen MR) is 19.2 cm³/mol. The van der Waals surface area contributed by atoms with Crippen molar-refractivity contribution in [2.45, 2.75) is 6.92 Å². The Morgan fingerprint density at radius 3 is 2.00 bits per heavy atom. The van der Waals surface area contributed by atoms with Crippen LogP contribution in [0.5, 0.6) is 0 Å². The summed E-state index contributed by atoms with van der Waals surface area (Å²) in [4.78, 5) is 19.0. The second-order valence-corrected chi connectivity index (χ2v) is 2.02. The molecule has 0 aliphatic carbocycles. The molecule has 0 amide bonds. The molecule has 0 N–H and O–H groups in total. The molecule has 0 saturated heterocycles. The third kappa shape index (κ3) is 9.80. The van der Waals surface area contributed by atoms with Crippen molar-refractivity contribution in [3.8, 4) is 0 Å². The molecule has 0 rings (SSSR count). The normalized spacial score (nSPS) is 10.4. The van der Waals surface area contributed by atoms with Gasteiger partial charge in [0.2, 0.25) is 0 Å². The Morgan fingerprint density at radius 1 is 1.62 bits per heavy atom. The van der Waals surface area contributed by atoms with Gasteiger partial charge in [0.25, 0.3) is 0 Å². The largest absolute Gasteiger partial charge is 2.00 e. The summed E-state index contributed by atoms with van der Waals surface area (Å²) in [7, 11) is -4.67. The molecule has 6 heteroatoms. The minimum Gasteiger partial charge on any atom is -0.790 e. The smallest absolute Gasteiger partial charge is 0.790 e. The van der Waals surface area contributed by atoms with Crippen molar-refractivity contribution < 1.29 is 35.9 Å². The van der Waals surface area contributed by atoms with E-state index in [4.69, 9.17) is 0 Å². The Balaban J connectivity index is 0. The van der Waals surface area contributed by atoms with Gasteiger partial charge in [-0.05, 0) is 6.92 Å². The average molecular weight is 188 g/mol. The van der Waals surface area contributed by atoms with Crippen LogP contribution in [-0.2, 0) is 26.2 Å². The number of phosphoric ester groups is 1. The Morgan fingerprint density at radius 2 is 2.00 bits per heavy atom. The fraction of sp³-hybridized carbons (Fsp3) is 1.00. The zero-order chi connectivity index (χ0) is 5.91. The molecular formula is C2H5CuO4P. The molecule has 0 saturated carbocycles. The first-order valence-corrected chi connectivity index (χ1v) is 3.19. The van der Waals surface area contributed by atoms with Gasteiger partial charge in [-0.3, -0.25) is 0 Å². The van der Waals surface area contributed by atoms with Crippen LogP contribution in [0.1, 0.15) is 6.92 Å². The second-order valence-electron chi connectivity index (χ2n) is 0.865. The maximum absolute atomic E-state index is 9.48. The van der Waals surface area contributed by atoms with E-state index in [0.717, 1.165) is 0 Å². The standard InChI is InChI=1S/C2H7O4P.Cu/c1-2-6-7(3,4)5;/h2H2,1H3,(H2,3,4,5);/q;+2/p-2. The van der Waals surface area contributed by atoms with Crippen molar-refractivity contribution in [3.05, 3.63) is 0 Å². The van der Waals surface area contributed by atoms with Gasteiger partial charge in [-0.2, -0.15) is 0 Å². The molecule has 0 heterocycles. The molecule has 0 aliphatic heterocycles. The topological polar surface area (TPSA) is 72.4 Å². The van der Waals surface area contributed by atoms with Crippen molar-refractivity contribution in [2.75, 3.05) is 6.61 Å². The van der Waals surface area contributed by atoms with Gasteiger partial charge in [0.1, 0.15) is 0 Å². The van der Waals surface area contributed by atoms with Gasteiger partial charge in [0.15, 0.2) is 0 Å². The van der Waals surface area contributed by atoms with Gasteiger partial charge in [-0.1, -0.05) is 0 Å². The summed E-state index contributed by atoms with van der Waals surface area (Å²) in [6, 6.07) is 0. The minimum atomic E-state index is -4.67. The Labute approximate surface area is 58.0 Å². The van der Waals surface area contributed by atoms with E-state index >= 15 is 0 Å². The predicted octanol–water partition coefficient (Wildman–Crippen LogP) is -1.15. The molecule has 0 bridgehead atoms. The fourth-order valence-corrected chi connectivity index (χ4v) is 0.474. The van der Waals surface area contributed by atoms with Crippen molar-refractivity contribution in [3.63, 3.8) is 0 Å². The van der Waals surface area contributed by atoms with Crippen LogP contribution in [0, 0.1) is 0 Å². The Bertz CT molecular complexity index is 88.0. The van der Waals surface area contributed by atoms with E-state index in [1.807, 2.05) is 0 Å². The molecule has 8 heavy (non-hydrogen) atoms. The van der Waals surface area contributed by atoms with Crippen molar-refractivity contribution in [1.82, 2.24) is 0 Å². The van der Waals surface area contributed by atoms with Crippen molar-refractivity contribution in [1.29, 1.82) is 0 Å². The number of phosphoric acid groups is 1. The summed E-state index contributed by atoms with van der Waals surface area (Å²) in [5, 5.41) is 0. The van der Waals surface area contributed by atoms with Crippen LogP contribution < -0.4 is 9.79 Å². The van der Waals surface area contributed by atoms with Gasteiger partial charge in [-0.15, -0.1) is 0 Å². The van der Waals surface area contributed by atoms with Crippen LogP contribution in [0.25, 0.3) is 0 Å². The van der Waals surface area contributed by atoms with Crippen LogP contribution in [0.15, 0.2) is 0 Å². The van der Waals surface area contributed by atoms with Gasteiger partial charge in [-0.25, -0.2) is 0 Å². The first-order chi connectivity index (χ1) is 3.06. The van der Waals surface area contributed by atoms with Gasteiger partial charge < -0.3 is 18.9 Å². The van der Waals surface area contributed by atoms with Crippen molar-refractivity contribution >= 4 is 7.82 Å². The van der Waals surface area contributed by atoms with Gasteiger partial charge in [0.05, 0.1) is 7.82 Å². The number of hydrogen-bond acceptors (Lipinski definition) is 4. The summed E-state index contributed by atoms with van der Waals surface area (Å²) in [6.45, 7) is 1.35. The molecule has 53 valence electrons. The van der Waals surface area contributed by atoms with Crippen LogP contribution in [0.2, 0.25) is 0 Å². The minimum absolute atomic E-state index is 0. The van der Waals surface area contributed by atoms with E-state index in [1.165, 1.54) is 6.92 Å². The van der Waals surface area contributed by atoms with Crippen LogP contribution in [0.4, 0.5) is 0 Å². The number of rotatable bonds is 2. The van der Waals surface area contributed by atoms with E-state index < -0.39 is 7.82 Å². The molecule has 0 aliphatic rings. The summed E-state index contributed by atoms with van der Waals surface area (Å²) in [5.74, 6) is 0. The van der Waals surface area contributed by atoms with E-state index in [1.54, 1.807) is 0 Å². The molecule has 0 spiro atoms. The monoisotopic (exact) mass is 187 g/mol. The third-order valence-corrected chi connectivity index (χ3v) is 0.862. The first kappa shape index (κ1) is 11.4. The van der Waals surface area contributed by atoms with Crippen LogP contribution in [-0.4, -0.2) is 6.61 Å². The first-order valence-electron chi connectivity index (χ1n) is 1.73. The SMILES string of the molecule is CCOP(=O)([O-])[O-].[Cu+2].